The summed E-state index contributed by atoms with van der Waals surface area (Å²) >= 11 is 0. The average molecular weight is 514 g/mol. The topological polar surface area (TPSA) is 55.8 Å². The van der Waals surface area contributed by atoms with Gasteiger partial charge in [-0.25, -0.2) is 0 Å². The molecule has 0 saturated heterocycles. The van der Waals surface area contributed by atoms with Crippen LogP contribution in [0.4, 0.5) is 18.9 Å². The molecule has 0 unspecified atom stereocenters. The van der Waals surface area contributed by atoms with Gasteiger partial charge in [-0.15, -0.1) is 0 Å². The largest absolute Gasteiger partial charge is 0.416 e. The first kappa shape index (κ1) is 28.2. The van der Waals surface area contributed by atoms with E-state index in [9.17, 15) is 23.1 Å². The molecule has 0 fully saturated rings. The van der Waals surface area contributed by atoms with E-state index in [0.717, 1.165) is 29.8 Å². The van der Waals surface area contributed by atoms with E-state index in [-0.39, 0.29) is 31.6 Å². The van der Waals surface area contributed by atoms with Gasteiger partial charge >= 0.3 is 6.18 Å². The van der Waals surface area contributed by atoms with Crippen molar-refractivity contribution in [3.05, 3.63) is 101 Å². The molecular formula is C29H34F3N3O2. The molecular weight excluding hydrogens is 479 g/mol. The number of alkyl halides is 3. The van der Waals surface area contributed by atoms with Crippen molar-refractivity contribution in [2.24, 2.45) is 0 Å². The lowest BCUT2D eigenvalue weighted by atomic mass is 10.0. The molecule has 3 aromatic rings. The van der Waals surface area contributed by atoms with E-state index in [2.05, 4.69) is 5.32 Å². The molecule has 8 heteroatoms. The Balaban J connectivity index is 1.76. The first-order valence-electron chi connectivity index (χ1n) is 12.3. The summed E-state index contributed by atoms with van der Waals surface area (Å²) in [5.41, 5.74) is 2.44. The van der Waals surface area contributed by atoms with Gasteiger partial charge in [-0.1, -0.05) is 48.5 Å². The number of amides is 1. The zero-order valence-electron chi connectivity index (χ0n) is 21.2. The Morgan fingerprint density at radius 3 is 2.24 bits per heavy atom. The lowest BCUT2D eigenvalue weighted by Gasteiger charge is -2.28. The van der Waals surface area contributed by atoms with E-state index in [1.165, 1.54) is 6.07 Å². The molecule has 0 aromatic heterocycles. The molecule has 2 N–H and O–H groups in total. The minimum absolute atomic E-state index is 0.154. The molecule has 37 heavy (non-hydrogen) atoms. The predicted molar refractivity (Wildman–Crippen MR) is 141 cm³/mol. The molecule has 0 aliphatic heterocycles. The zero-order valence-corrected chi connectivity index (χ0v) is 21.2. The van der Waals surface area contributed by atoms with E-state index < -0.39 is 11.7 Å². The highest BCUT2D eigenvalue weighted by Gasteiger charge is 2.30. The highest BCUT2D eigenvalue weighted by atomic mass is 19.4. The normalized spacial score (nSPS) is 12.3. The minimum Gasteiger partial charge on any atom is -0.395 e. The maximum absolute atomic E-state index is 13.3. The lowest BCUT2D eigenvalue weighted by Crippen LogP contribution is -2.45. The molecule has 1 amide bonds. The SMILES string of the molecule is CN(C)c1ccc(C(=O)N(CCO)C[C@H](CCc2ccccc2)NCc2cccc(C(F)(F)F)c2)cc1. The van der Waals surface area contributed by atoms with E-state index in [1.807, 2.05) is 61.5 Å². The number of anilines is 1. The van der Waals surface area contributed by atoms with Crippen LogP contribution < -0.4 is 10.2 Å². The van der Waals surface area contributed by atoms with E-state index in [0.29, 0.717) is 24.1 Å². The fourth-order valence-electron chi connectivity index (χ4n) is 4.11. The van der Waals surface area contributed by atoms with Crippen molar-refractivity contribution >= 4 is 11.6 Å². The number of hydrogen-bond donors (Lipinski definition) is 2. The van der Waals surface area contributed by atoms with Crippen LogP contribution in [0.5, 0.6) is 0 Å². The Bertz CT molecular complexity index is 1120. The summed E-state index contributed by atoms with van der Waals surface area (Å²) in [7, 11) is 3.84. The maximum Gasteiger partial charge on any atom is 0.416 e. The second-order valence-electron chi connectivity index (χ2n) is 9.22. The smallest absolute Gasteiger partial charge is 0.395 e. The number of nitrogens with one attached hydrogen (secondary N) is 1. The molecule has 0 aliphatic carbocycles. The number of aliphatic hydroxyl groups excluding tert-OH is 1. The van der Waals surface area contributed by atoms with Crippen LogP contribution in [-0.2, 0) is 19.1 Å². The number of halogens is 3. The van der Waals surface area contributed by atoms with Crippen LogP contribution in [0.3, 0.4) is 0 Å². The van der Waals surface area contributed by atoms with Gasteiger partial charge < -0.3 is 20.2 Å². The van der Waals surface area contributed by atoms with Crippen LogP contribution in [0.25, 0.3) is 0 Å². The molecule has 0 spiro atoms. The maximum atomic E-state index is 13.3. The summed E-state index contributed by atoms with van der Waals surface area (Å²) < 4.78 is 39.5. The van der Waals surface area contributed by atoms with Crippen molar-refractivity contribution < 1.29 is 23.1 Å². The molecule has 1 atom stereocenters. The van der Waals surface area contributed by atoms with Gasteiger partial charge in [0.05, 0.1) is 12.2 Å². The fraction of sp³-hybridized carbons (Fsp3) is 0.345. The van der Waals surface area contributed by atoms with Crippen LogP contribution in [0.2, 0.25) is 0 Å². The Morgan fingerprint density at radius 2 is 1.62 bits per heavy atom. The van der Waals surface area contributed by atoms with Gasteiger partial charge in [-0.3, -0.25) is 4.79 Å². The number of aliphatic hydroxyl groups is 1. The van der Waals surface area contributed by atoms with Gasteiger partial charge in [0.1, 0.15) is 0 Å². The molecule has 0 saturated carbocycles. The first-order chi connectivity index (χ1) is 17.7. The predicted octanol–water partition coefficient (Wildman–Crippen LogP) is 5.00. The minimum atomic E-state index is -4.41. The molecule has 0 bridgehead atoms. The summed E-state index contributed by atoms with van der Waals surface area (Å²) in [6, 6.07) is 22.2. The second-order valence-corrected chi connectivity index (χ2v) is 9.22. The molecule has 3 rings (SSSR count). The van der Waals surface area contributed by atoms with E-state index in [4.69, 9.17) is 0 Å². The molecule has 0 heterocycles. The standard InChI is InChI=1S/C29H34F3N3O2/c1-34(2)27-15-12-24(13-16-27)28(37)35(17-18-36)21-26(14-11-22-7-4-3-5-8-22)33-20-23-9-6-10-25(19-23)29(30,31)32/h3-10,12-13,15-16,19,26,33,36H,11,14,17-18,20-21H2,1-2H3/t26-/m0/s1. The third kappa shape index (κ3) is 8.61. The van der Waals surface area contributed by atoms with Crippen molar-refractivity contribution in [2.45, 2.75) is 31.6 Å². The number of carbonyl (C=O) groups is 1. The van der Waals surface area contributed by atoms with Crippen molar-refractivity contribution in [1.82, 2.24) is 10.2 Å². The van der Waals surface area contributed by atoms with Crippen molar-refractivity contribution in [2.75, 3.05) is 38.7 Å². The quantitative estimate of drug-likeness (QED) is 0.358. The number of aryl methyl sites for hydroxylation is 1. The van der Waals surface area contributed by atoms with Crippen molar-refractivity contribution in [1.29, 1.82) is 0 Å². The van der Waals surface area contributed by atoms with Gasteiger partial charge in [0.2, 0.25) is 0 Å². The van der Waals surface area contributed by atoms with Crippen LogP contribution in [-0.4, -0.2) is 55.7 Å². The summed E-state index contributed by atoms with van der Waals surface area (Å²) in [5, 5.41) is 13.0. The third-order valence-electron chi connectivity index (χ3n) is 6.20. The molecule has 5 nitrogen and oxygen atoms in total. The third-order valence-corrected chi connectivity index (χ3v) is 6.20. The Kier molecular flexibility index (Phi) is 10.1. The van der Waals surface area contributed by atoms with E-state index in [1.54, 1.807) is 23.1 Å². The summed E-state index contributed by atoms with van der Waals surface area (Å²) in [4.78, 5) is 16.8. The monoisotopic (exact) mass is 513 g/mol. The van der Waals surface area contributed by atoms with Crippen LogP contribution in [0.1, 0.15) is 33.5 Å². The average Bonchev–Trinajstić information content (AvgIpc) is 2.89. The first-order valence-corrected chi connectivity index (χ1v) is 12.3. The second kappa shape index (κ2) is 13.3. The van der Waals surface area contributed by atoms with Gasteiger partial charge in [0.25, 0.3) is 5.91 Å². The highest BCUT2D eigenvalue weighted by Crippen LogP contribution is 2.29. The summed E-state index contributed by atoms with van der Waals surface area (Å²) in [6.07, 6.45) is -3.01. The summed E-state index contributed by atoms with van der Waals surface area (Å²) in [5.74, 6) is -0.204. The van der Waals surface area contributed by atoms with Crippen LogP contribution in [0.15, 0.2) is 78.9 Å². The molecule has 0 aliphatic rings. The molecule has 3 aromatic carbocycles. The Hall–Kier alpha value is -3.36. The van der Waals surface area contributed by atoms with Crippen LogP contribution >= 0.6 is 0 Å². The summed E-state index contributed by atoms with van der Waals surface area (Å²) in [6.45, 7) is 0.491. The van der Waals surface area contributed by atoms with Gasteiger partial charge in [0, 0.05) is 51.0 Å². The van der Waals surface area contributed by atoms with Gasteiger partial charge in [-0.2, -0.15) is 13.2 Å². The number of hydrogen-bond acceptors (Lipinski definition) is 4. The Labute approximate surface area is 216 Å². The molecule has 198 valence electrons. The van der Waals surface area contributed by atoms with Crippen molar-refractivity contribution in [3.8, 4) is 0 Å². The van der Waals surface area contributed by atoms with Gasteiger partial charge in [0.15, 0.2) is 0 Å². The number of benzene rings is 3. The van der Waals surface area contributed by atoms with Crippen molar-refractivity contribution in [3.63, 3.8) is 0 Å². The Morgan fingerprint density at radius 1 is 0.946 bits per heavy atom. The number of carbonyl (C=O) groups excluding carboxylic acids is 1. The number of rotatable bonds is 12. The lowest BCUT2D eigenvalue weighted by molar-refractivity contribution is -0.137. The number of nitrogens with zero attached hydrogens (tertiary/aromatic N) is 2. The van der Waals surface area contributed by atoms with E-state index >= 15 is 0 Å². The van der Waals surface area contributed by atoms with Gasteiger partial charge in [-0.05, 0) is 54.3 Å². The van der Waals surface area contributed by atoms with Crippen LogP contribution in [0, 0.1) is 0 Å². The fourth-order valence-corrected chi connectivity index (χ4v) is 4.11. The zero-order chi connectivity index (χ0) is 26.8. The highest BCUT2D eigenvalue weighted by molar-refractivity contribution is 5.94. The molecule has 0 radical (unpaired) electrons.